The lowest BCUT2D eigenvalue weighted by Gasteiger charge is -2.41. The van der Waals surface area contributed by atoms with Gasteiger partial charge in [-0.25, -0.2) is 0 Å². The van der Waals surface area contributed by atoms with E-state index in [1.165, 1.54) is 19.5 Å². The predicted octanol–water partition coefficient (Wildman–Crippen LogP) is 1.86. The van der Waals surface area contributed by atoms with Gasteiger partial charge in [0.1, 0.15) is 5.75 Å². The summed E-state index contributed by atoms with van der Waals surface area (Å²) >= 11 is 0. The van der Waals surface area contributed by atoms with E-state index in [9.17, 15) is 4.79 Å². The molecule has 1 amide bonds. The van der Waals surface area contributed by atoms with Crippen LogP contribution in [0.3, 0.4) is 0 Å². The normalized spacial score (nSPS) is 28.6. The number of amides is 1. The topological polar surface area (TPSA) is 34.0 Å². The molecule has 2 atom stereocenters. The van der Waals surface area contributed by atoms with Crippen molar-refractivity contribution < 1.29 is 14.4 Å². The van der Waals surface area contributed by atoms with Crippen LogP contribution in [0.25, 0.3) is 0 Å². The molecule has 0 aromatic heterocycles. The first kappa shape index (κ1) is 17.3. The maximum Gasteiger partial charge on any atom is 0.257 e. The van der Waals surface area contributed by atoms with Crippen LogP contribution in [0.5, 0.6) is 5.75 Å². The van der Waals surface area contributed by atoms with Gasteiger partial charge in [0.15, 0.2) is 0 Å². The third-order valence-corrected chi connectivity index (χ3v) is 5.72. The third-order valence-electron chi connectivity index (χ3n) is 5.72. The number of nitrogens with zero attached hydrogens (tertiary/aromatic N) is 1. The number of rotatable bonds is 3. The average molecular weight is 331 g/mol. The van der Waals surface area contributed by atoms with Crippen LogP contribution >= 0.6 is 0 Å². The van der Waals surface area contributed by atoms with Crippen molar-refractivity contribution in [2.45, 2.75) is 39.2 Å². The highest BCUT2D eigenvalue weighted by Crippen LogP contribution is 2.22. The van der Waals surface area contributed by atoms with E-state index in [-0.39, 0.29) is 5.91 Å². The van der Waals surface area contributed by atoms with Gasteiger partial charge in [0.2, 0.25) is 0 Å². The summed E-state index contributed by atoms with van der Waals surface area (Å²) in [4.78, 5) is 16.6. The Morgan fingerprint density at radius 2 is 1.75 bits per heavy atom. The minimum Gasteiger partial charge on any atom is -0.496 e. The fraction of sp³-hybridized carbons (Fsp3) is 0.650. The Bertz CT molecular complexity index is 557. The molecule has 2 heterocycles. The van der Waals surface area contributed by atoms with Crippen LogP contribution in [0.1, 0.15) is 43.5 Å². The Balaban J connectivity index is 1.59. The third kappa shape index (κ3) is 3.75. The lowest BCUT2D eigenvalue weighted by Crippen LogP contribution is -3.18. The molecular formula is C20H31N2O2+. The van der Waals surface area contributed by atoms with Crippen molar-refractivity contribution in [3.8, 4) is 5.75 Å². The summed E-state index contributed by atoms with van der Waals surface area (Å²) in [6.45, 7) is 9.11. The van der Waals surface area contributed by atoms with Gasteiger partial charge < -0.3 is 14.5 Å². The summed E-state index contributed by atoms with van der Waals surface area (Å²) in [5, 5.41) is 0. The first-order chi connectivity index (χ1) is 11.6. The summed E-state index contributed by atoms with van der Waals surface area (Å²) in [5.41, 5.74) is 0.686. The Hall–Kier alpha value is -1.55. The molecule has 1 N–H and O–H groups in total. The standard InChI is InChI=1S/C20H30N2O2/c1-15-12-16(2)14-22(13-15)17-8-10-21(11-9-17)20(23)18-6-4-5-7-19(18)24-3/h4-7,15-17H,8-14H2,1-3H3/p+1/t15-,16-/m1/s1. The Kier molecular flexibility index (Phi) is 5.44. The smallest absolute Gasteiger partial charge is 0.257 e. The summed E-state index contributed by atoms with van der Waals surface area (Å²) in [7, 11) is 1.63. The lowest BCUT2D eigenvalue weighted by atomic mass is 9.89. The number of nitrogens with one attached hydrogen (secondary N) is 1. The molecule has 1 aromatic rings. The molecule has 4 heteroatoms. The maximum absolute atomic E-state index is 12.8. The van der Waals surface area contributed by atoms with Gasteiger partial charge in [-0.2, -0.15) is 0 Å². The molecule has 0 radical (unpaired) electrons. The van der Waals surface area contributed by atoms with Gasteiger partial charge in [-0.05, 0) is 18.6 Å². The fourth-order valence-electron chi connectivity index (χ4n) is 4.65. The zero-order valence-corrected chi connectivity index (χ0v) is 15.3. The SMILES string of the molecule is COc1ccccc1C(=O)N1CCC([NH+]2C[C@H](C)C[C@@H](C)C2)CC1. The van der Waals surface area contributed by atoms with E-state index < -0.39 is 0 Å². The Morgan fingerprint density at radius 3 is 2.38 bits per heavy atom. The molecule has 2 aliphatic heterocycles. The van der Waals surface area contributed by atoms with E-state index >= 15 is 0 Å². The van der Waals surface area contributed by atoms with Crippen LogP contribution in [0.15, 0.2) is 24.3 Å². The van der Waals surface area contributed by atoms with E-state index in [2.05, 4.69) is 13.8 Å². The quantitative estimate of drug-likeness (QED) is 0.917. The zero-order chi connectivity index (χ0) is 17.1. The molecule has 2 aliphatic rings. The summed E-state index contributed by atoms with van der Waals surface area (Å²) < 4.78 is 5.35. The Labute approximate surface area is 145 Å². The first-order valence-corrected chi connectivity index (χ1v) is 9.35. The van der Waals surface area contributed by atoms with Gasteiger partial charge in [-0.3, -0.25) is 4.79 Å². The van der Waals surface area contributed by atoms with Crippen molar-refractivity contribution in [1.82, 2.24) is 4.90 Å². The highest BCUT2D eigenvalue weighted by atomic mass is 16.5. The first-order valence-electron chi connectivity index (χ1n) is 9.35. The molecule has 0 saturated carbocycles. The van der Waals surface area contributed by atoms with Crippen LogP contribution in [-0.4, -0.2) is 50.1 Å². The maximum atomic E-state index is 12.8. The second-order valence-electron chi connectivity index (χ2n) is 7.78. The number of methoxy groups -OCH3 is 1. The minimum absolute atomic E-state index is 0.112. The van der Waals surface area contributed by atoms with Crippen molar-refractivity contribution in [1.29, 1.82) is 0 Å². The van der Waals surface area contributed by atoms with Gasteiger partial charge in [-0.15, -0.1) is 0 Å². The van der Waals surface area contributed by atoms with Gasteiger partial charge in [0.25, 0.3) is 5.91 Å². The van der Waals surface area contributed by atoms with Crippen LogP contribution in [-0.2, 0) is 0 Å². The molecule has 0 spiro atoms. The lowest BCUT2D eigenvalue weighted by molar-refractivity contribution is -0.938. The zero-order valence-electron chi connectivity index (χ0n) is 15.3. The molecule has 1 aromatic carbocycles. The number of hydrogen-bond acceptors (Lipinski definition) is 2. The largest absolute Gasteiger partial charge is 0.496 e. The number of para-hydroxylation sites is 1. The van der Waals surface area contributed by atoms with Crippen LogP contribution < -0.4 is 9.64 Å². The van der Waals surface area contributed by atoms with Crippen LogP contribution in [0, 0.1) is 11.8 Å². The van der Waals surface area contributed by atoms with Crippen molar-refractivity contribution in [3.63, 3.8) is 0 Å². The molecule has 2 saturated heterocycles. The number of carbonyl (C=O) groups is 1. The average Bonchev–Trinajstić information content (AvgIpc) is 2.60. The second kappa shape index (κ2) is 7.56. The molecule has 0 aliphatic carbocycles. The Morgan fingerprint density at radius 1 is 1.12 bits per heavy atom. The molecule has 24 heavy (non-hydrogen) atoms. The monoisotopic (exact) mass is 331 g/mol. The summed E-state index contributed by atoms with van der Waals surface area (Å²) in [5.74, 6) is 2.45. The van der Waals surface area contributed by atoms with Crippen molar-refractivity contribution in [2.24, 2.45) is 11.8 Å². The molecule has 4 nitrogen and oxygen atoms in total. The second-order valence-corrected chi connectivity index (χ2v) is 7.78. The van der Waals surface area contributed by atoms with E-state index in [1.54, 1.807) is 12.0 Å². The molecule has 3 rings (SSSR count). The fourth-order valence-corrected chi connectivity index (χ4v) is 4.65. The minimum atomic E-state index is 0.112. The number of likely N-dealkylation sites (tertiary alicyclic amines) is 2. The van der Waals surface area contributed by atoms with Gasteiger partial charge >= 0.3 is 0 Å². The predicted molar refractivity (Wildman–Crippen MR) is 95.6 cm³/mol. The summed E-state index contributed by atoms with van der Waals surface area (Å²) in [6.07, 6.45) is 3.61. The number of quaternary nitrogens is 1. The van der Waals surface area contributed by atoms with E-state index in [0.717, 1.165) is 43.8 Å². The number of benzene rings is 1. The van der Waals surface area contributed by atoms with Crippen molar-refractivity contribution >= 4 is 5.91 Å². The molecule has 0 bridgehead atoms. The molecule has 132 valence electrons. The van der Waals surface area contributed by atoms with Crippen LogP contribution in [0.4, 0.5) is 0 Å². The van der Waals surface area contributed by atoms with Crippen LogP contribution in [0.2, 0.25) is 0 Å². The van der Waals surface area contributed by atoms with Crippen molar-refractivity contribution in [2.75, 3.05) is 33.3 Å². The van der Waals surface area contributed by atoms with Gasteiger partial charge in [0, 0.05) is 37.8 Å². The number of carbonyl (C=O) groups excluding carboxylic acids is 1. The van der Waals surface area contributed by atoms with Gasteiger partial charge in [-0.1, -0.05) is 26.0 Å². The molecule has 2 fully saturated rings. The van der Waals surface area contributed by atoms with Gasteiger partial charge in [0.05, 0.1) is 31.8 Å². The number of piperidine rings is 2. The van der Waals surface area contributed by atoms with Crippen molar-refractivity contribution in [3.05, 3.63) is 29.8 Å². The van der Waals surface area contributed by atoms with E-state index in [0.29, 0.717) is 11.3 Å². The number of hydrogen-bond donors (Lipinski definition) is 1. The summed E-state index contributed by atoms with van der Waals surface area (Å²) in [6, 6.07) is 8.26. The van der Waals surface area contributed by atoms with E-state index in [4.69, 9.17) is 4.74 Å². The number of ether oxygens (including phenoxy) is 1. The highest BCUT2D eigenvalue weighted by Gasteiger charge is 2.34. The molecular weight excluding hydrogens is 300 g/mol. The molecule has 0 unspecified atom stereocenters. The highest BCUT2D eigenvalue weighted by molar-refractivity contribution is 5.97. The van der Waals surface area contributed by atoms with E-state index in [1.807, 2.05) is 29.2 Å².